The van der Waals surface area contributed by atoms with Crippen molar-refractivity contribution in [3.8, 4) is 5.75 Å². The van der Waals surface area contributed by atoms with Gasteiger partial charge in [0.05, 0.1) is 29.9 Å². The summed E-state index contributed by atoms with van der Waals surface area (Å²) >= 11 is 0. The van der Waals surface area contributed by atoms with E-state index in [0.29, 0.717) is 0 Å². The predicted octanol–water partition coefficient (Wildman–Crippen LogP) is 6.68. The lowest BCUT2D eigenvalue weighted by Crippen LogP contribution is -2.18. The molecule has 1 fully saturated rings. The molecule has 6 heteroatoms. The van der Waals surface area contributed by atoms with Crippen molar-refractivity contribution in [2.75, 3.05) is 20.2 Å². The van der Waals surface area contributed by atoms with Gasteiger partial charge in [-0.3, -0.25) is 4.90 Å². The molecule has 1 saturated heterocycles. The Morgan fingerprint density at radius 3 is 2.03 bits per heavy atom. The third-order valence-corrected chi connectivity index (χ3v) is 7.35. The summed E-state index contributed by atoms with van der Waals surface area (Å²) in [6.45, 7) is 3.19. The van der Waals surface area contributed by atoms with Crippen molar-refractivity contribution >= 4 is 45.9 Å². The smallest absolute Gasteiger partial charge is 0.123 e. The van der Waals surface area contributed by atoms with E-state index in [1.807, 2.05) is 12.2 Å². The van der Waals surface area contributed by atoms with Crippen LogP contribution < -0.4 is 4.74 Å². The van der Waals surface area contributed by atoms with Gasteiger partial charge < -0.3 is 14.7 Å². The summed E-state index contributed by atoms with van der Waals surface area (Å²) in [6, 6.07) is 23.2. The second kappa shape index (κ2) is 9.47. The van der Waals surface area contributed by atoms with Gasteiger partial charge in [-0.15, -0.1) is 0 Å². The SMILES string of the molecule is COc1ccc(C2=Cc3cc4ccc(cc5nc(cc6ccc(cc2n3)[nH]6)C=C5)[nH]4)cc1CN1CCCC1. The minimum atomic E-state index is 0.901. The average molecular weight is 500 g/mol. The fourth-order valence-corrected chi connectivity index (χ4v) is 5.50. The number of aromatic nitrogens is 4. The summed E-state index contributed by atoms with van der Waals surface area (Å²) in [5, 5.41) is 0. The molecule has 0 spiro atoms. The summed E-state index contributed by atoms with van der Waals surface area (Å²) in [5.41, 5.74) is 11.2. The van der Waals surface area contributed by atoms with Gasteiger partial charge in [0.25, 0.3) is 0 Å². The molecule has 0 saturated carbocycles. The number of nitrogens with one attached hydrogen (secondary N) is 2. The third-order valence-electron chi connectivity index (χ3n) is 7.35. The largest absolute Gasteiger partial charge is 0.496 e. The summed E-state index contributed by atoms with van der Waals surface area (Å²) in [7, 11) is 1.75. The molecule has 3 aliphatic heterocycles. The highest BCUT2D eigenvalue weighted by molar-refractivity contribution is 5.93. The molecular formula is C32H29N5O. The minimum absolute atomic E-state index is 0.901. The predicted molar refractivity (Wildman–Crippen MR) is 154 cm³/mol. The van der Waals surface area contributed by atoms with E-state index in [0.717, 1.165) is 81.4 Å². The highest BCUT2D eigenvalue weighted by atomic mass is 16.5. The third kappa shape index (κ3) is 4.55. The first kappa shape index (κ1) is 22.8. The van der Waals surface area contributed by atoms with Crippen molar-refractivity contribution in [2.45, 2.75) is 19.4 Å². The van der Waals surface area contributed by atoms with Gasteiger partial charge in [0.2, 0.25) is 0 Å². The molecule has 188 valence electrons. The number of ether oxygens (including phenoxy) is 1. The zero-order valence-corrected chi connectivity index (χ0v) is 21.4. The van der Waals surface area contributed by atoms with E-state index in [9.17, 15) is 0 Å². The van der Waals surface area contributed by atoms with Crippen LogP contribution in [0.5, 0.6) is 5.75 Å². The number of aromatic amines is 2. The Morgan fingerprint density at radius 1 is 0.737 bits per heavy atom. The highest BCUT2D eigenvalue weighted by Gasteiger charge is 2.18. The van der Waals surface area contributed by atoms with Crippen LogP contribution in [0, 0.1) is 0 Å². The number of methoxy groups -OCH3 is 1. The molecule has 0 atom stereocenters. The molecule has 6 heterocycles. The number of likely N-dealkylation sites (tertiary alicyclic amines) is 1. The molecule has 7 rings (SSSR count). The van der Waals surface area contributed by atoms with Crippen LogP contribution in [0.25, 0.3) is 45.9 Å². The summed E-state index contributed by atoms with van der Waals surface area (Å²) in [5.74, 6) is 0.937. The van der Waals surface area contributed by atoms with Gasteiger partial charge in [0, 0.05) is 39.7 Å². The lowest BCUT2D eigenvalue weighted by atomic mass is 9.99. The second-order valence-corrected chi connectivity index (χ2v) is 10.1. The van der Waals surface area contributed by atoms with Crippen molar-refractivity contribution in [1.82, 2.24) is 24.8 Å². The maximum Gasteiger partial charge on any atom is 0.123 e. The number of nitrogens with zero attached hydrogens (tertiary/aromatic N) is 3. The molecule has 0 radical (unpaired) electrons. The van der Waals surface area contributed by atoms with Crippen LogP contribution in [0.4, 0.5) is 0 Å². The van der Waals surface area contributed by atoms with Crippen LogP contribution in [0.1, 0.15) is 46.7 Å². The van der Waals surface area contributed by atoms with Gasteiger partial charge in [0.1, 0.15) is 5.75 Å². The fourth-order valence-electron chi connectivity index (χ4n) is 5.50. The fraction of sp³-hybridized carbons (Fsp3) is 0.188. The first-order chi connectivity index (χ1) is 18.7. The van der Waals surface area contributed by atoms with Gasteiger partial charge >= 0.3 is 0 Å². The minimum Gasteiger partial charge on any atom is -0.496 e. The monoisotopic (exact) mass is 499 g/mol. The Bertz CT molecular complexity index is 1750. The van der Waals surface area contributed by atoms with Crippen molar-refractivity contribution in [3.63, 3.8) is 0 Å². The van der Waals surface area contributed by atoms with Gasteiger partial charge in [-0.05, 0) is 110 Å². The molecule has 0 amide bonds. The number of hydrogen-bond acceptors (Lipinski definition) is 4. The molecule has 0 aliphatic carbocycles. The standard InChI is InChI=1S/C32H29N5O/c1-38-32-11-4-21(14-22(32)20-37-12-2-3-13-37)30-18-29-17-27-8-7-25(34-27)15-23-5-6-24(33-23)16-26-9-10-28(35-26)19-31(30)36-29/h4-11,14-19,34-35H,2-3,12-13,20H2,1H3. The number of fused-ring (bicyclic) bond motifs is 8. The first-order valence-corrected chi connectivity index (χ1v) is 13.2. The van der Waals surface area contributed by atoms with E-state index in [2.05, 4.69) is 87.7 Å². The molecule has 3 aromatic heterocycles. The molecular weight excluding hydrogens is 470 g/mol. The van der Waals surface area contributed by atoms with Crippen LogP contribution in [-0.2, 0) is 6.54 Å². The molecule has 6 nitrogen and oxygen atoms in total. The number of benzene rings is 1. The van der Waals surface area contributed by atoms with Crippen LogP contribution in [0.3, 0.4) is 0 Å². The molecule has 38 heavy (non-hydrogen) atoms. The Morgan fingerprint density at radius 2 is 1.37 bits per heavy atom. The van der Waals surface area contributed by atoms with Crippen LogP contribution in [0.15, 0.2) is 66.7 Å². The van der Waals surface area contributed by atoms with Crippen LogP contribution >= 0.6 is 0 Å². The maximum atomic E-state index is 5.73. The zero-order valence-electron chi connectivity index (χ0n) is 21.4. The number of rotatable bonds is 4. The molecule has 1 aromatic carbocycles. The highest BCUT2D eigenvalue weighted by Crippen LogP contribution is 2.33. The Hall–Kier alpha value is -4.42. The summed E-state index contributed by atoms with van der Waals surface area (Å²) < 4.78 is 5.73. The molecule has 4 aromatic rings. The van der Waals surface area contributed by atoms with E-state index in [4.69, 9.17) is 14.7 Å². The molecule has 3 aliphatic rings. The van der Waals surface area contributed by atoms with E-state index in [-0.39, 0.29) is 0 Å². The maximum absolute atomic E-state index is 5.73. The number of H-pyrrole nitrogens is 2. The van der Waals surface area contributed by atoms with E-state index in [1.54, 1.807) is 7.11 Å². The topological polar surface area (TPSA) is 69.8 Å². The van der Waals surface area contributed by atoms with Crippen molar-refractivity contribution in [3.05, 3.63) is 101 Å². The van der Waals surface area contributed by atoms with E-state index in [1.165, 1.54) is 18.4 Å². The Balaban J connectivity index is 1.39. The van der Waals surface area contributed by atoms with E-state index >= 15 is 0 Å². The summed E-state index contributed by atoms with van der Waals surface area (Å²) in [6.07, 6.45) is 8.79. The van der Waals surface area contributed by atoms with Crippen LogP contribution in [0.2, 0.25) is 0 Å². The Kier molecular flexibility index (Phi) is 5.67. The van der Waals surface area contributed by atoms with Crippen molar-refractivity contribution < 1.29 is 4.74 Å². The lowest BCUT2D eigenvalue weighted by Gasteiger charge is -2.18. The number of hydrogen-bond donors (Lipinski definition) is 2. The molecule has 8 bridgehead atoms. The Labute approximate surface area is 221 Å². The van der Waals surface area contributed by atoms with Crippen molar-refractivity contribution in [1.29, 1.82) is 0 Å². The van der Waals surface area contributed by atoms with Gasteiger partial charge in [-0.25, -0.2) is 9.97 Å². The first-order valence-electron chi connectivity index (χ1n) is 13.2. The normalized spacial score (nSPS) is 15.1. The van der Waals surface area contributed by atoms with Gasteiger partial charge in [-0.1, -0.05) is 6.07 Å². The van der Waals surface area contributed by atoms with Gasteiger partial charge in [0.15, 0.2) is 0 Å². The van der Waals surface area contributed by atoms with Gasteiger partial charge in [-0.2, -0.15) is 0 Å². The quantitative estimate of drug-likeness (QED) is 0.284. The molecule has 0 unspecified atom stereocenters. The average Bonchev–Trinajstić information content (AvgIpc) is 3.74. The zero-order chi connectivity index (χ0) is 25.5. The summed E-state index contributed by atoms with van der Waals surface area (Å²) in [4.78, 5) is 19.3. The molecule has 2 N–H and O–H groups in total. The van der Waals surface area contributed by atoms with Crippen LogP contribution in [-0.4, -0.2) is 45.0 Å². The lowest BCUT2D eigenvalue weighted by molar-refractivity contribution is 0.321. The second-order valence-electron chi connectivity index (χ2n) is 10.1. The van der Waals surface area contributed by atoms with E-state index < -0.39 is 0 Å². The van der Waals surface area contributed by atoms with Crippen molar-refractivity contribution in [2.24, 2.45) is 0 Å².